The molecule has 1 fully saturated rings. The summed E-state index contributed by atoms with van der Waals surface area (Å²) in [5, 5.41) is 11.6. The average Bonchev–Trinajstić information content (AvgIpc) is 2.56. The SMILES string of the molecule is Cc1cc(F)c(NC(=O)C2CCN(C(=O)N(C)C)CC2)cc1C(=O)O. The van der Waals surface area contributed by atoms with Crippen molar-refractivity contribution in [1.82, 2.24) is 9.80 Å². The number of carboxylic acids is 1. The molecular weight excluding hydrogens is 329 g/mol. The largest absolute Gasteiger partial charge is 0.478 e. The van der Waals surface area contributed by atoms with Crippen molar-refractivity contribution in [1.29, 1.82) is 0 Å². The number of amides is 3. The van der Waals surface area contributed by atoms with Crippen molar-refractivity contribution in [2.75, 3.05) is 32.5 Å². The van der Waals surface area contributed by atoms with Crippen LogP contribution in [0.1, 0.15) is 28.8 Å². The molecule has 1 aromatic rings. The van der Waals surface area contributed by atoms with Gasteiger partial charge in [0.15, 0.2) is 0 Å². The first-order chi connectivity index (χ1) is 11.7. The van der Waals surface area contributed by atoms with E-state index in [4.69, 9.17) is 5.11 Å². The van der Waals surface area contributed by atoms with Crippen LogP contribution in [0, 0.1) is 18.7 Å². The van der Waals surface area contributed by atoms with Crippen molar-refractivity contribution in [3.8, 4) is 0 Å². The van der Waals surface area contributed by atoms with Gasteiger partial charge in [-0.2, -0.15) is 0 Å². The molecule has 2 N–H and O–H groups in total. The van der Waals surface area contributed by atoms with Crippen LogP contribution in [0.15, 0.2) is 12.1 Å². The summed E-state index contributed by atoms with van der Waals surface area (Å²) in [5.41, 5.74) is 0.0985. The summed E-state index contributed by atoms with van der Waals surface area (Å²) in [7, 11) is 3.34. The highest BCUT2D eigenvalue weighted by molar-refractivity contribution is 5.96. The van der Waals surface area contributed by atoms with Gasteiger partial charge >= 0.3 is 12.0 Å². The van der Waals surface area contributed by atoms with Crippen molar-refractivity contribution in [2.45, 2.75) is 19.8 Å². The lowest BCUT2D eigenvalue weighted by Crippen LogP contribution is -2.45. The molecule has 25 heavy (non-hydrogen) atoms. The summed E-state index contributed by atoms with van der Waals surface area (Å²) >= 11 is 0. The van der Waals surface area contributed by atoms with Crippen LogP contribution in [0.25, 0.3) is 0 Å². The Hall–Kier alpha value is -2.64. The number of hydrogen-bond donors (Lipinski definition) is 2. The monoisotopic (exact) mass is 351 g/mol. The number of aryl methyl sites for hydroxylation is 1. The number of piperidine rings is 1. The summed E-state index contributed by atoms with van der Waals surface area (Å²) in [6.07, 6.45) is 0.954. The first kappa shape index (κ1) is 18.7. The molecule has 1 aliphatic rings. The number of halogens is 1. The maximum absolute atomic E-state index is 14.0. The summed E-state index contributed by atoms with van der Waals surface area (Å²) in [4.78, 5) is 38.5. The number of carboxylic acid groups (broad SMARTS) is 1. The predicted molar refractivity (Wildman–Crippen MR) is 90.1 cm³/mol. The second kappa shape index (κ2) is 7.50. The number of carbonyl (C=O) groups excluding carboxylic acids is 2. The third kappa shape index (κ3) is 4.26. The van der Waals surface area contributed by atoms with Crippen molar-refractivity contribution in [2.24, 2.45) is 5.92 Å². The fourth-order valence-electron chi connectivity index (χ4n) is 2.85. The van der Waals surface area contributed by atoms with E-state index in [-0.39, 0.29) is 29.1 Å². The number of rotatable bonds is 3. The first-order valence-electron chi connectivity index (χ1n) is 8.01. The Balaban J connectivity index is 2.03. The van der Waals surface area contributed by atoms with Crippen LogP contribution < -0.4 is 5.32 Å². The predicted octanol–water partition coefficient (Wildman–Crippen LogP) is 2.16. The number of likely N-dealkylation sites (tertiary alicyclic amines) is 1. The van der Waals surface area contributed by atoms with E-state index < -0.39 is 11.8 Å². The Morgan fingerprint density at radius 1 is 1.24 bits per heavy atom. The van der Waals surface area contributed by atoms with Crippen LogP contribution in [0.4, 0.5) is 14.9 Å². The molecule has 1 aromatic carbocycles. The lowest BCUT2D eigenvalue weighted by Gasteiger charge is -2.33. The number of nitrogens with one attached hydrogen (secondary N) is 1. The summed E-state index contributed by atoms with van der Waals surface area (Å²) in [5.74, 6) is -2.56. The van der Waals surface area contributed by atoms with Crippen molar-refractivity contribution < 1.29 is 23.9 Å². The maximum atomic E-state index is 14.0. The smallest absolute Gasteiger partial charge is 0.336 e. The topological polar surface area (TPSA) is 90.0 Å². The van der Waals surface area contributed by atoms with Crippen LogP contribution in [-0.2, 0) is 4.79 Å². The van der Waals surface area contributed by atoms with E-state index in [0.717, 1.165) is 12.1 Å². The zero-order chi connectivity index (χ0) is 18.7. The van der Waals surface area contributed by atoms with Crippen LogP contribution in [0.5, 0.6) is 0 Å². The second-order valence-corrected chi connectivity index (χ2v) is 6.38. The highest BCUT2D eigenvalue weighted by Crippen LogP contribution is 2.24. The van der Waals surface area contributed by atoms with E-state index in [1.54, 1.807) is 19.0 Å². The summed E-state index contributed by atoms with van der Waals surface area (Å²) < 4.78 is 14.0. The first-order valence-corrected chi connectivity index (χ1v) is 8.01. The van der Waals surface area contributed by atoms with Gasteiger partial charge in [0.1, 0.15) is 5.82 Å². The third-order valence-electron chi connectivity index (χ3n) is 4.32. The molecule has 136 valence electrons. The van der Waals surface area contributed by atoms with Gasteiger partial charge in [0, 0.05) is 33.1 Å². The van der Waals surface area contributed by atoms with Crippen molar-refractivity contribution >= 4 is 23.6 Å². The third-order valence-corrected chi connectivity index (χ3v) is 4.32. The molecular formula is C17H22FN3O4. The van der Waals surface area contributed by atoms with Gasteiger partial charge in [0.2, 0.25) is 5.91 Å². The van der Waals surface area contributed by atoms with Gasteiger partial charge in [-0.25, -0.2) is 14.0 Å². The van der Waals surface area contributed by atoms with Gasteiger partial charge in [-0.1, -0.05) is 0 Å². The molecule has 0 radical (unpaired) electrons. The van der Waals surface area contributed by atoms with Gasteiger partial charge in [0.25, 0.3) is 0 Å². The molecule has 0 saturated carbocycles. The van der Waals surface area contributed by atoms with E-state index in [1.807, 2.05) is 0 Å². The number of benzene rings is 1. The Labute approximate surface area is 145 Å². The quantitative estimate of drug-likeness (QED) is 0.873. The molecule has 0 aromatic heterocycles. The zero-order valence-corrected chi connectivity index (χ0v) is 14.5. The molecule has 0 atom stereocenters. The van der Waals surface area contributed by atoms with Crippen LogP contribution in [0.2, 0.25) is 0 Å². The average molecular weight is 351 g/mol. The van der Waals surface area contributed by atoms with E-state index >= 15 is 0 Å². The fourth-order valence-corrected chi connectivity index (χ4v) is 2.85. The lowest BCUT2D eigenvalue weighted by molar-refractivity contribution is -0.121. The minimum Gasteiger partial charge on any atom is -0.478 e. The number of hydrogen-bond acceptors (Lipinski definition) is 3. The standard InChI is InChI=1S/C17H22FN3O4/c1-10-8-13(18)14(9-12(10)16(23)24)19-15(22)11-4-6-21(7-5-11)17(25)20(2)3/h8-9,11H,4-7H2,1-3H3,(H,19,22)(H,23,24). The maximum Gasteiger partial charge on any atom is 0.336 e. The molecule has 8 heteroatoms. The highest BCUT2D eigenvalue weighted by atomic mass is 19.1. The Bertz CT molecular complexity index is 697. The lowest BCUT2D eigenvalue weighted by atomic mass is 9.96. The Morgan fingerprint density at radius 2 is 1.84 bits per heavy atom. The van der Waals surface area contributed by atoms with Crippen molar-refractivity contribution in [3.63, 3.8) is 0 Å². The van der Waals surface area contributed by atoms with E-state index in [9.17, 15) is 18.8 Å². The molecule has 0 bridgehead atoms. The van der Waals surface area contributed by atoms with E-state index in [0.29, 0.717) is 31.5 Å². The van der Waals surface area contributed by atoms with Gasteiger partial charge in [-0.15, -0.1) is 0 Å². The summed E-state index contributed by atoms with van der Waals surface area (Å²) in [6, 6.07) is 2.13. The molecule has 0 aliphatic carbocycles. The number of aromatic carboxylic acids is 1. The number of carbonyl (C=O) groups is 3. The summed E-state index contributed by atoms with van der Waals surface area (Å²) in [6.45, 7) is 2.40. The molecule has 0 unspecified atom stereocenters. The number of anilines is 1. The molecule has 1 heterocycles. The Morgan fingerprint density at radius 3 is 2.36 bits per heavy atom. The van der Waals surface area contributed by atoms with Gasteiger partial charge < -0.3 is 20.2 Å². The molecule has 1 saturated heterocycles. The van der Waals surface area contributed by atoms with Crippen LogP contribution in [-0.4, -0.2) is 60.0 Å². The van der Waals surface area contributed by atoms with E-state index in [2.05, 4.69) is 5.32 Å². The van der Waals surface area contributed by atoms with Gasteiger partial charge in [-0.3, -0.25) is 4.79 Å². The Kier molecular flexibility index (Phi) is 5.61. The molecule has 1 aliphatic heterocycles. The number of urea groups is 1. The minimum absolute atomic E-state index is 0.0527. The van der Waals surface area contributed by atoms with Crippen molar-refractivity contribution in [3.05, 3.63) is 29.1 Å². The highest BCUT2D eigenvalue weighted by Gasteiger charge is 2.28. The van der Waals surface area contributed by atoms with Crippen LogP contribution >= 0.6 is 0 Å². The normalized spacial score (nSPS) is 15.0. The molecule has 2 rings (SSSR count). The van der Waals surface area contributed by atoms with E-state index in [1.165, 1.54) is 11.8 Å². The minimum atomic E-state index is -1.18. The van der Waals surface area contributed by atoms with Gasteiger partial charge in [0.05, 0.1) is 11.3 Å². The molecule has 0 spiro atoms. The van der Waals surface area contributed by atoms with Gasteiger partial charge in [-0.05, 0) is 37.5 Å². The molecule has 3 amide bonds. The van der Waals surface area contributed by atoms with Crippen LogP contribution in [0.3, 0.4) is 0 Å². The number of nitrogens with zero attached hydrogens (tertiary/aromatic N) is 2. The fraction of sp³-hybridized carbons (Fsp3) is 0.471. The molecule has 7 nitrogen and oxygen atoms in total. The zero-order valence-electron chi connectivity index (χ0n) is 14.5. The second-order valence-electron chi connectivity index (χ2n) is 6.38.